The van der Waals surface area contributed by atoms with E-state index in [4.69, 9.17) is 16.3 Å². The Kier molecular flexibility index (Phi) is 7.80. The van der Waals surface area contributed by atoms with E-state index in [1.165, 1.54) is 18.0 Å². The summed E-state index contributed by atoms with van der Waals surface area (Å²) in [5.41, 5.74) is 0.137. The van der Waals surface area contributed by atoms with Crippen LogP contribution in [0.5, 0.6) is 0 Å². The Morgan fingerprint density at radius 2 is 1.82 bits per heavy atom. The van der Waals surface area contributed by atoms with Crippen LogP contribution in [0.2, 0.25) is 5.02 Å². The van der Waals surface area contributed by atoms with Gasteiger partial charge in [0.15, 0.2) is 17.5 Å². The van der Waals surface area contributed by atoms with Gasteiger partial charge in [-0.3, -0.25) is 0 Å². The van der Waals surface area contributed by atoms with Crippen molar-refractivity contribution in [2.75, 3.05) is 12.4 Å². The lowest BCUT2D eigenvalue weighted by Crippen LogP contribution is -2.55. The Labute approximate surface area is 202 Å². The molecule has 4 rings (SSSR count). The molecular formula is C22H21ClF3N3O4S. The number of thioether (sulfide) groups is 1. The molecule has 0 radical (unpaired) electrons. The van der Waals surface area contributed by atoms with Crippen molar-refractivity contribution in [1.82, 2.24) is 15.0 Å². The van der Waals surface area contributed by atoms with Gasteiger partial charge < -0.3 is 20.1 Å². The van der Waals surface area contributed by atoms with Crippen molar-refractivity contribution in [3.63, 3.8) is 0 Å². The molecule has 3 N–H and O–H groups in total. The highest BCUT2D eigenvalue weighted by atomic mass is 35.5. The molecule has 1 fully saturated rings. The first-order valence-electron chi connectivity index (χ1n) is 10.3. The fourth-order valence-corrected chi connectivity index (χ4v) is 5.14. The molecule has 0 aliphatic carbocycles. The standard InChI is InChI=1S/C22H21ClF3N3O4S/c23-13-3-1-2-11(6-13)4-5-34-22-21(32)19(20(31)17(10-30)33-22)29-9-16(27-28-29)12-7-14(24)18(26)15(25)8-12/h1-3,6-9,17,19-22,30-32H,4-5,10H2/t17?,19?,20-,21?,22+/m0/s1. The molecule has 2 heterocycles. The number of hydrogen-bond donors (Lipinski definition) is 3. The molecule has 0 spiro atoms. The van der Waals surface area contributed by atoms with Crippen LogP contribution >= 0.6 is 23.4 Å². The number of halogens is 4. The van der Waals surface area contributed by atoms with Crippen LogP contribution in [0, 0.1) is 17.5 Å². The summed E-state index contributed by atoms with van der Waals surface area (Å²) in [6, 6.07) is 7.84. The maximum absolute atomic E-state index is 13.6. The number of benzene rings is 2. The number of aryl methyl sites for hydroxylation is 1. The second kappa shape index (κ2) is 10.6. The number of ether oxygens (including phenoxy) is 1. The zero-order valence-corrected chi connectivity index (χ0v) is 19.1. The van der Waals surface area contributed by atoms with Crippen molar-refractivity contribution >= 4 is 23.4 Å². The van der Waals surface area contributed by atoms with E-state index in [0.29, 0.717) is 17.2 Å². The van der Waals surface area contributed by atoms with Gasteiger partial charge in [-0.1, -0.05) is 28.9 Å². The normalized spacial score (nSPS) is 25.0. The molecule has 2 aromatic carbocycles. The molecule has 1 aliphatic heterocycles. The van der Waals surface area contributed by atoms with Crippen molar-refractivity contribution in [3.8, 4) is 11.3 Å². The summed E-state index contributed by atoms with van der Waals surface area (Å²) < 4.78 is 47.4. The van der Waals surface area contributed by atoms with Crippen LogP contribution in [0.25, 0.3) is 11.3 Å². The summed E-state index contributed by atoms with van der Waals surface area (Å²) in [7, 11) is 0. The predicted molar refractivity (Wildman–Crippen MR) is 120 cm³/mol. The highest BCUT2D eigenvalue weighted by Crippen LogP contribution is 2.35. The van der Waals surface area contributed by atoms with Crippen molar-refractivity contribution in [2.45, 2.75) is 36.2 Å². The summed E-state index contributed by atoms with van der Waals surface area (Å²) in [5.74, 6) is -3.81. The molecule has 3 unspecified atom stereocenters. The van der Waals surface area contributed by atoms with Crippen LogP contribution < -0.4 is 0 Å². The van der Waals surface area contributed by atoms with Crippen LogP contribution in [-0.2, 0) is 11.2 Å². The average molecular weight is 516 g/mol. The van der Waals surface area contributed by atoms with Gasteiger partial charge in [-0.15, -0.1) is 16.9 Å². The van der Waals surface area contributed by atoms with E-state index in [1.807, 2.05) is 18.2 Å². The van der Waals surface area contributed by atoms with Crippen LogP contribution in [0.3, 0.4) is 0 Å². The second-order valence-corrected chi connectivity index (χ2v) is 9.43. The summed E-state index contributed by atoms with van der Waals surface area (Å²) >= 11 is 7.30. The van der Waals surface area contributed by atoms with Gasteiger partial charge in [-0.05, 0) is 42.0 Å². The Bertz CT molecular complexity index is 1130. The molecule has 3 aromatic rings. The topological polar surface area (TPSA) is 101 Å². The average Bonchev–Trinajstić information content (AvgIpc) is 3.28. The number of nitrogens with zero attached hydrogens (tertiary/aromatic N) is 3. The molecule has 5 atom stereocenters. The lowest BCUT2D eigenvalue weighted by atomic mass is 9.97. The lowest BCUT2D eigenvalue weighted by molar-refractivity contribution is -0.178. The first-order chi connectivity index (χ1) is 16.3. The number of aliphatic hydroxyl groups is 3. The fraction of sp³-hybridized carbons (Fsp3) is 0.364. The minimum atomic E-state index is -1.60. The monoisotopic (exact) mass is 515 g/mol. The van der Waals surface area contributed by atoms with Crippen LogP contribution in [0.1, 0.15) is 11.6 Å². The van der Waals surface area contributed by atoms with E-state index >= 15 is 0 Å². The highest BCUT2D eigenvalue weighted by molar-refractivity contribution is 7.99. The Balaban J connectivity index is 1.52. The molecule has 182 valence electrons. The van der Waals surface area contributed by atoms with E-state index in [-0.39, 0.29) is 11.3 Å². The van der Waals surface area contributed by atoms with Gasteiger partial charge in [0.25, 0.3) is 0 Å². The number of hydrogen-bond acceptors (Lipinski definition) is 7. The number of aromatic nitrogens is 3. The Hall–Kier alpha value is -2.15. The third-order valence-corrected chi connectivity index (χ3v) is 6.90. The quantitative estimate of drug-likeness (QED) is 0.416. The van der Waals surface area contributed by atoms with Crippen molar-refractivity contribution < 1.29 is 33.2 Å². The summed E-state index contributed by atoms with van der Waals surface area (Å²) in [5, 5.41) is 39.6. The molecular weight excluding hydrogens is 495 g/mol. The molecule has 34 heavy (non-hydrogen) atoms. The third-order valence-electron chi connectivity index (χ3n) is 5.51. The molecule has 1 aliphatic rings. The van der Waals surface area contributed by atoms with Crippen LogP contribution in [0.4, 0.5) is 13.2 Å². The first kappa shape index (κ1) is 25.0. The SMILES string of the molecule is OCC1O[C@H](SCCc2cccc(Cl)c2)C(O)C(n2cc(-c3cc(F)c(F)c(F)c3)nn2)[C@H]1O. The summed E-state index contributed by atoms with van der Waals surface area (Å²) in [6.45, 7) is -0.508. The lowest BCUT2D eigenvalue weighted by Gasteiger charge is -2.41. The predicted octanol–water partition coefficient (Wildman–Crippen LogP) is 2.97. The molecule has 1 saturated heterocycles. The smallest absolute Gasteiger partial charge is 0.194 e. The number of rotatable bonds is 7. The molecule has 7 nitrogen and oxygen atoms in total. The van der Waals surface area contributed by atoms with Crippen LogP contribution in [-0.4, -0.2) is 66.4 Å². The second-order valence-electron chi connectivity index (χ2n) is 7.79. The van der Waals surface area contributed by atoms with Crippen molar-refractivity contribution in [3.05, 3.63) is 70.6 Å². The highest BCUT2D eigenvalue weighted by Gasteiger charge is 2.46. The summed E-state index contributed by atoms with van der Waals surface area (Å²) in [4.78, 5) is 0. The summed E-state index contributed by atoms with van der Waals surface area (Å²) in [6.07, 6.45) is -1.69. The van der Waals surface area contributed by atoms with Gasteiger partial charge in [-0.25, -0.2) is 17.9 Å². The molecule has 0 saturated carbocycles. The van der Waals surface area contributed by atoms with Gasteiger partial charge in [0, 0.05) is 10.6 Å². The Morgan fingerprint density at radius 1 is 1.09 bits per heavy atom. The molecule has 1 aromatic heterocycles. The third kappa shape index (κ3) is 5.24. The van der Waals surface area contributed by atoms with Gasteiger partial charge in [0.1, 0.15) is 35.5 Å². The molecule has 0 amide bonds. The minimum Gasteiger partial charge on any atom is -0.394 e. The maximum Gasteiger partial charge on any atom is 0.194 e. The zero-order chi connectivity index (χ0) is 24.4. The van der Waals surface area contributed by atoms with E-state index in [1.54, 1.807) is 6.07 Å². The van der Waals surface area contributed by atoms with E-state index in [2.05, 4.69) is 10.3 Å². The van der Waals surface area contributed by atoms with Crippen LogP contribution in [0.15, 0.2) is 42.6 Å². The van der Waals surface area contributed by atoms with Gasteiger partial charge >= 0.3 is 0 Å². The van der Waals surface area contributed by atoms with Crippen molar-refractivity contribution in [1.29, 1.82) is 0 Å². The van der Waals surface area contributed by atoms with Crippen molar-refractivity contribution in [2.24, 2.45) is 0 Å². The van der Waals surface area contributed by atoms with E-state index in [9.17, 15) is 28.5 Å². The zero-order valence-electron chi connectivity index (χ0n) is 17.6. The minimum absolute atomic E-state index is 0.00870. The largest absolute Gasteiger partial charge is 0.394 e. The first-order valence-corrected chi connectivity index (χ1v) is 11.8. The Morgan fingerprint density at radius 3 is 2.50 bits per heavy atom. The van der Waals surface area contributed by atoms with Gasteiger partial charge in [0.05, 0.1) is 12.8 Å². The van der Waals surface area contributed by atoms with Gasteiger partial charge in [-0.2, -0.15) is 0 Å². The molecule has 12 heteroatoms. The number of aliphatic hydroxyl groups excluding tert-OH is 3. The van der Waals surface area contributed by atoms with E-state index in [0.717, 1.165) is 22.4 Å². The fourth-order valence-electron chi connectivity index (χ4n) is 3.76. The van der Waals surface area contributed by atoms with Gasteiger partial charge in [0.2, 0.25) is 0 Å². The maximum atomic E-state index is 13.6. The van der Waals surface area contributed by atoms with E-state index < -0.39 is 53.8 Å². The molecule has 0 bridgehead atoms.